The summed E-state index contributed by atoms with van der Waals surface area (Å²) in [6.45, 7) is 9.29. The van der Waals surface area contributed by atoms with Crippen LogP contribution in [0.3, 0.4) is 0 Å². The number of hydrogen-bond donors (Lipinski definition) is 2. The Morgan fingerprint density at radius 3 is 2.76 bits per heavy atom. The van der Waals surface area contributed by atoms with Gasteiger partial charge in [0.05, 0.1) is 17.6 Å². The van der Waals surface area contributed by atoms with Gasteiger partial charge in [0.25, 0.3) is 0 Å². The molecule has 2 N–H and O–H groups in total. The minimum Gasteiger partial charge on any atom is -0.395 e. The largest absolute Gasteiger partial charge is 0.395 e. The Bertz CT molecular complexity index is 575. The number of benzene rings is 1. The summed E-state index contributed by atoms with van der Waals surface area (Å²) in [5.74, 6) is 1.57. The maximum atomic E-state index is 9.31. The number of hydrogen-bond acceptors (Lipinski definition) is 3. The summed E-state index contributed by atoms with van der Waals surface area (Å²) >= 11 is 0. The van der Waals surface area contributed by atoms with Crippen LogP contribution in [-0.4, -0.2) is 34.4 Å². The van der Waals surface area contributed by atoms with Crippen molar-refractivity contribution in [2.24, 2.45) is 0 Å². The summed E-state index contributed by atoms with van der Waals surface area (Å²) < 4.78 is 2.15. The summed E-state index contributed by atoms with van der Waals surface area (Å²) in [7, 11) is 0. The molecule has 4 heteroatoms. The van der Waals surface area contributed by atoms with E-state index in [0.717, 1.165) is 42.8 Å². The monoisotopic (exact) mass is 289 g/mol. The van der Waals surface area contributed by atoms with Crippen molar-refractivity contribution in [1.82, 2.24) is 14.9 Å². The second-order valence-electron chi connectivity index (χ2n) is 5.81. The van der Waals surface area contributed by atoms with E-state index in [0.29, 0.717) is 12.5 Å². The van der Waals surface area contributed by atoms with E-state index in [1.165, 1.54) is 5.56 Å². The molecule has 0 aliphatic rings. The van der Waals surface area contributed by atoms with Gasteiger partial charge in [-0.2, -0.15) is 0 Å². The van der Waals surface area contributed by atoms with Gasteiger partial charge in [-0.15, -0.1) is 0 Å². The lowest BCUT2D eigenvalue weighted by Gasteiger charge is -2.08. The van der Waals surface area contributed by atoms with E-state index in [4.69, 9.17) is 4.98 Å². The lowest BCUT2D eigenvalue weighted by atomic mass is 10.0. The Hall–Kier alpha value is -1.39. The zero-order chi connectivity index (χ0) is 15.2. The minimum absolute atomic E-state index is 0.146. The molecule has 0 saturated carbocycles. The normalized spacial score (nSPS) is 11.7. The number of fused-ring (bicyclic) bond motifs is 1. The highest BCUT2D eigenvalue weighted by atomic mass is 16.3. The molecule has 2 rings (SSSR count). The molecule has 2 aromatic rings. The maximum Gasteiger partial charge on any atom is 0.111 e. The molecule has 0 bridgehead atoms. The number of nitrogens with zero attached hydrogens (tertiary/aromatic N) is 2. The molecule has 0 fully saturated rings. The number of aliphatic hydroxyl groups is 1. The number of nitrogens with one attached hydrogen (secondary N) is 1. The molecular weight excluding hydrogens is 262 g/mol. The number of imidazole rings is 1. The third kappa shape index (κ3) is 3.83. The minimum atomic E-state index is 0.146. The molecule has 0 amide bonds. The van der Waals surface area contributed by atoms with Gasteiger partial charge in [-0.1, -0.05) is 26.8 Å². The molecule has 1 aromatic heterocycles. The first-order chi connectivity index (χ1) is 10.2. The van der Waals surface area contributed by atoms with Gasteiger partial charge in [-0.25, -0.2) is 4.98 Å². The molecule has 1 aromatic carbocycles. The van der Waals surface area contributed by atoms with Crippen molar-refractivity contribution in [3.63, 3.8) is 0 Å². The quantitative estimate of drug-likeness (QED) is 0.735. The Labute approximate surface area is 127 Å². The van der Waals surface area contributed by atoms with E-state index in [-0.39, 0.29) is 6.61 Å². The molecule has 0 saturated heterocycles. The molecule has 0 aliphatic heterocycles. The van der Waals surface area contributed by atoms with E-state index in [1.807, 2.05) is 0 Å². The van der Waals surface area contributed by atoms with E-state index in [2.05, 4.69) is 48.9 Å². The van der Waals surface area contributed by atoms with Crippen LogP contribution < -0.4 is 5.32 Å². The van der Waals surface area contributed by atoms with E-state index < -0.39 is 0 Å². The van der Waals surface area contributed by atoms with Gasteiger partial charge in [-0.05, 0) is 36.6 Å². The fourth-order valence-electron chi connectivity index (χ4n) is 2.60. The van der Waals surface area contributed by atoms with Crippen LogP contribution in [0.15, 0.2) is 18.2 Å². The van der Waals surface area contributed by atoms with Crippen LogP contribution >= 0.6 is 0 Å². The highest BCUT2D eigenvalue weighted by Crippen LogP contribution is 2.22. The zero-order valence-electron chi connectivity index (χ0n) is 13.4. The lowest BCUT2D eigenvalue weighted by molar-refractivity contribution is 0.276. The number of rotatable bonds is 8. The van der Waals surface area contributed by atoms with Gasteiger partial charge in [0, 0.05) is 19.5 Å². The predicted molar refractivity (Wildman–Crippen MR) is 87.8 cm³/mol. The van der Waals surface area contributed by atoms with Crippen molar-refractivity contribution in [2.45, 2.75) is 46.1 Å². The summed E-state index contributed by atoms with van der Waals surface area (Å²) in [4.78, 5) is 4.78. The van der Waals surface area contributed by atoms with Crippen molar-refractivity contribution in [3.8, 4) is 0 Å². The maximum absolute atomic E-state index is 9.31. The van der Waals surface area contributed by atoms with Crippen molar-refractivity contribution < 1.29 is 5.11 Å². The second kappa shape index (κ2) is 7.57. The van der Waals surface area contributed by atoms with Gasteiger partial charge in [-0.3, -0.25) is 0 Å². The summed E-state index contributed by atoms with van der Waals surface area (Å²) in [5, 5.41) is 12.7. The van der Waals surface area contributed by atoms with Crippen LogP contribution in [0.1, 0.15) is 44.5 Å². The van der Waals surface area contributed by atoms with Gasteiger partial charge < -0.3 is 15.0 Å². The molecule has 21 heavy (non-hydrogen) atoms. The zero-order valence-corrected chi connectivity index (χ0v) is 13.4. The molecule has 0 spiro atoms. The van der Waals surface area contributed by atoms with Crippen LogP contribution in [0, 0.1) is 0 Å². The first-order valence-electron chi connectivity index (χ1n) is 7.98. The summed E-state index contributed by atoms with van der Waals surface area (Å²) in [6.07, 6.45) is 2.04. The first-order valence-corrected chi connectivity index (χ1v) is 7.98. The Kier molecular flexibility index (Phi) is 5.76. The predicted octanol–water partition coefficient (Wildman–Crippen LogP) is 2.69. The average molecular weight is 289 g/mol. The van der Waals surface area contributed by atoms with Crippen molar-refractivity contribution in [2.75, 3.05) is 19.7 Å². The Morgan fingerprint density at radius 1 is 1.29 bits per heavy atom. The van der Waals surface area contributed by atoms with E-state index in [9.17, 15) is 5.11 Å². The van der Waals surface area contributed by atoms with Crippen LogP contribution in [-0.2, 0) is 13.0 Å². The summed E-state index contributed by atoms with van der Waals surface area (Å²) in [6, 6.07) is 6.48. The number of aromatic nitrogens is 2. The fraction of sp³-hybridized carbons (Fsp3) is 0.588. The topological polar surface area (TPSA) is 50.1 Å². The third-order valence-electron chi connectivity index (χ3n) is 3.79. The lowest BCUT2D eigenvalue weighted by Crippen LogP contribution is -2.20. The fourth-order valence-corrected chi connectivity index (χ4v) is 2.60. The van der Waals surface area contributed by atoms with Crippen LogP contribution in [0.4, 0.5) is 0 Å². The van der Waals surface area contributed by atoms with E-state index in [1.54, 1.807) is 0 Å². The van der Waals surface area contributed by atoms with E-state index >= 15 is 0 Å². The van der Waals surface area contributed by atoms with Gasteiger partial charge in [0.1, 0.15) is 5.82 Å². The second-order valence-corrected chi connectivity index (χ2v) is 5.81. The molecule has 0 aliphatic carbocycles. The molecule has 4 nitrogen and oxygen atoms in total. The van der Waals surface area contributed by atoms with Crippen LogP contribution in [0.5, 0.6) is 0 Å². The molecule has 116 valence electrons. The van der Waals surface area contributed by atoms with Crippen molar-refractivity contribution in [3.05, 3.63) is 29.6 Å². The molecule has 0 radical (unpaired) electrons. The van der Waals surface area contributed by atoms with Gasteiger partial charge >= 0.3 is 0 Å². The first kappa shape index (κ1) is 16.0. The van der Waals surface area contributed by atoms with Crippen LogP contribution in [0.25, 0.3) is 11.0 Å². The molecule has 0 atom stereocenters. The molecule has 0 unspecified atom stereocenters. The van der Waals surface area contributed by atoms with Gasteiger partial charge in [0.15, 0.2) is 0 Å². The highest BCUT2D eigenvalue weighted by molar-refractivity contribution is 5.77. The van der Waals surface area contributed by atoms with Crippen LogP contribution in [0.2, 0.25) is 0 Å². The Morgan fingerprint density at radius 2 is 2.10 bits per heavy atom. The van der Waals surface area contributed by atoms with Crippen molar-refractivity contribution >= 4 is 11.0 Å². The van der Waals surface area contributed by atoms with Gasteiger partial charge in [0.2, 0.25) is 0 Å². The molecular formula is C17H27N3O. The summed E-state index contributed by atoms with van der Waals surface area (Å²) in [5.41, 5.74) is 3.48. The van der Waals surface area contributed by atoms with Crippen molar-refractivity contribution in [1.29, 1.82) is 0 Å². The third-order valence-corrected chi connectivity index (χ3v) is 3.79. The highest BCUT2D eigenvalue weighted by Gasteiger charge is 2.11. The molecule has 1 heterocycles. The average Bonchev–Trinajstić information content (AvgIpc) is 2.81. The number of aliphatic hydroxyl groups excluding tert-OH is 1. The Balaban J connectivity index is 2.27. The SMILES string of the molecule is CCCNCCc1nc2cc(C(C)C)ccc2n1CCO. The standard InChI is InChI=1S/C17H27N3O/c1-4-8-18-9-7-17-19-15-12-14(13(2)3)5-6-16(15)20(17)10-11-21/h5-6,12-13,18,21H,4,7-11H2,1-3H3. The smallest absolute Gasteiger partial charge is 0.111 e.